The summed E-state index contributed by atoms with van der Waals surface area (Å²) in [7, 11) is 0. The second-order valence-corrected chi connectivity index (χ2v) is 6.90. The van der Waals surface area contributed by atoms with Gasteiger partial charge in [-0.2, -0.15) is 0 Å². The number of ether oxygens (including phenoxy) is 1. The number of amides is 1. The number of aliphatic hydroxyl groups is 4. The molecular formula is C16H28N2O10. The van der Waals surface area contributed by atoms with Crippen molar-refractivity contribution in [1.82, 2.24) is 10.6 Å². The number of carbonyl (C=O) groups is 3. The number of rotatable bonds is 10. The zero-order valence-electron chi connectivity index (χ0n) is 15.6. The largest absolute Gasteiger partial charge is 0.481 e. The first-order valence-corrected chi connectivity index (χ1v) is 8.81. The number of carboxylic acids is 2. The third-order valence-electron chi connectivity index (χ3n) is 4.75. The highest BCUT2D eigenvalue weighted by Gasteiger charge is 2.48. The average Bonchev–Trinajstić information content (AvgIpc) is 2.62. The summed E-state index contributed by atoms with van der Waals surface area (Å²) < 4.78 is 5.01. The number of carboxylic acid groups (broad SMARTS) is 2. The van der Waals surface area contributed by atoms with Gasteiger partial charge >= 0.3 is 11.9 Å². The van der Waals surface area contributed by atoms with Crippen molar-refractivity contribution in [2.24, 2.45) is 5.92 Å². The first-order chi connectivity index (χ1) is 12.9. The molecule has 0 aromatic rings. The fourth-order valence-corrected chi connectivity index (χ4v) is 2.73. The van der Waals surface area contributed by atoms with E-state index in [1.165, 1.54) is 0 Å². The fraction of sp³-hybridized carbons (Fsp3) is 0.812. The van der Waals surface area contributed by atoms with Crippen molar-refractivity contribution < 1.29 is 49.8 Å². The van der Waals surface area contributed by atoms with Gasteiger partial charge in [0.2, 0.25) is 11.7 Å². The molecule has 0 radical (unpaired) electrons. The van der Waals surface area contributed by atoms with Crippen LogP contribution >= 0.6 is 0 Å². The Morgan fingerprint density at radius 2 is 1.82 bits per heavy atom. The molecule has 0 spiro atoms. The van der Waals surface area contributed by atoms with Gasteiger partial charge in [0, 0.05) is 0 Å². The summed E-state index contributed by atoms with van der Waals surface area (Å²) in [6.07, 6.45) is -5.25. The van der Waals surface area contributed by atoms with Crippen LogP contribution in [0.1, 0.15) is 26.7 Å². The molecule has 1 amide bonds. The third kappa shape index (κ3) is 6.09. The lowest BCUT2D eigenvalue weighted by Gasteiger charge is -2.42. The molecule has 28 heavy (non-hydrogen) atoms. The first-order valence-electron chi connectivity index (χ1n) is 8.81. The lowest BCUT2D eigenvalue weighted by atomic mass is 9.94. The molecular weight excluding hydrogens is 380 g/mol. The highest BCUT2D eigenvalue weighted by atomic mass is 16.6. The van der Waals surface area contributed by atoms with Crippen LogP contribution in [0.2, 0.25) is 0 Å². The lowest BCUT2D eigenvalue weighted by molar-refractivity contribution is -0.318. The Hall–Kier alpha value is -1.83. The van der Waals surface area contributed by atoms with Gasteiger partial charge in [0.15, 0.2) is 0 Å². The molecule has 1 fully saturated rings. The highest BCUT2D eigenvalue weighted by Crippen LogP contribution is 2.24. The summed E-state index contributed by atoms with van der Waals surface area (Å²) in [4.78, 5) is 34.4. The van der Waals surface area contributed by atoms with Crippen LogP contribution in [0, 0.1) is 5.92 Å². The van der Waals surface area contributed by atoms with E-state index in [9.17, 15) is 34.8 Å². The van der Waals surface area contributed by atoms with Crippen LogP contribution < -0.4 is 10.6 Å². The maximum Gasteiger partial charge on any atom is 0.326 e. The second kappa shape index (κ2) is 10.1. The lowest BCUT2D eigenvalue weighted by Crippen LogP contribution is -2.66. The minimum Gasteiger partial charge on any atom is -0.481 e. The molecule has 0 aromatic carbocycles. The van der Waals surface area contributed by atoms with Crippen LogP contribution in [0.3, 0.4) is 0 Å². The number of hydrogen-bond donors (Lipinski definition) is 8. The molecule has 7 atom stereocenters. The van der Waals surface area contributed by atoms with Crippen molar-refractivity contribution in [3.63, 3.8) is 0 Å². The Kier molecular flexibility index (Phi) is 8.73. The molecule has 12 nitrogen and oxygen atoms in total. The molecule has 162 valence electrons. The minimum absolute atomic E-state index is 0.362. The molecule has 12 heteroatoms. The van der Waals surface area contributed by atoms with Gasteiger partial charge in [-0.25, -0.2) is 4.79 Å². The van der Waals surface area contributed by atoms with Crippen LogP contribution in [0.4, 0.5) is 0 Å². The van der Waals surface area contributed by atoms with Crippen LogP contribution in [-0.2, 0) is 19.1 Å². The van der Waals surface area contributed by atoms with Gasteiger partial charge in [-0.1, -0.05) is 20.3 Å². The molecule has 1 unspecified atom stereocenters. The summed E-state index contributed by atoms with van der Waals surface area (Å²) in [6, 6.07) is -2.70. The maximum absolute atomic E-state index is 12.5. The summed E-state index contributed by atoms with van der Waals surface area (Å²) >= 11 is 0. The number of nitrogens with one attached hydrogen (secondary N) is 2. The Labute approximate surface area is 161 Å². The van der Waals surface area contributed by atoms with Crippen molar-refractivity contribution in [1.29, 1.82) is 0 Å². The second-order valence-electron chi connectivity index (χ2n) is 6.90. The number of carbonyl (C=O) groups excluding carboxylic acids is 1. The van der Waals surface area contributed by atoms with Crippen LogP contribution in [-0.4, -0.2) is 97.8 Å². The quantitative estimate of drug-likeness (QED) is 0.181. The van der Waals surface area contributed by atoms with E-state index in [-0.39, 0.29) is 5.92 Å². The van der Waals surface area contributed by atoms with Crippen molar-refractivity contribution in [3.05, 3.63) is 0 Å². The molecule has 1 saturated heterocycles. The molecule has 1 aliphatic rings. The van der Waals surface area contributed by atoms with E-state index in [0.717, 1.165) is 0 Å². The Morgan fingerprint density at radius 3 is 2.32 bits per heavy atom. The zero-order chi connectivity index (χ0) is 21.6. The standard InChI is InChI=1S/C16H28N2O10/c1-3-7(2)11(14(24)18-8(15(25)26)4-10(20)21)17-6-16(27)13(23)12(22)9(19)5-28-16/h7-9,11-13,17,19,22-23,27H,3-6H2,1-2H3,(H,18,24)(H,20,21)(H,25,26)/t7-,8+,9-,11-,12-,13+,16?/m1/s1. The average molecular weight is 408 g/mol. The Morgan fingerprint density at radius 1 is 1.21 bits per heavy atom. The van der Waals surface area contributed by atoms with Gasteiger partial charge in [-0.15, -0.1) is 0 Å². The summed E-state index contributed by atoms with van der Waals surface area (Å²) in [5, 5.41) is 62.2. The van der Waals surface area contributed by atoms with Crippen molar-refractivity contribution in [2.45, 2.75) is 62.9 Å². The third-order valence-corrected chi connectivity index (χ3v) is 4.75. The maximum atomic E-state index is 12.5. The smallest absolute Gasteiger partial charge is 0.326 e. The number of hydrogen-bond acceptors (Lipinski definition) is 9. The van der Waals surface area contributed by atoms with Crippen LogP contribution in [0.25, 0.3) is 0 Å². The normalized spacial score (nSPS) is 30.9. The topological polar surface area (TPSA) is 206 Å². The van der Waals surface area contributed by atoms with Crippen LogP contribution in [0.5, 0.6) is 0 Å². The molecule has 0 aromatic heterocycles. The monoisotopic (exact) mass is 408 g/mol. The van der Waals surface area contributed by atoms with E-state index >= 15 is 0 Å². The molecule has 0 aliphatic carbocycles. The van der Waals surface area contributed by atoms with E-state index < -0.39 is 73.6 Å². The first kappa shape index (κ1) is 24.2. The molecule has 1 rings (SSSR count). The van der Waals surface area contributed by atoms with E-state index in [1.807, 2.05) is 0 Å². The van der Waals surface area contributed by atoms with Gasteiger partial charge in [-0.3, -0.25) is 9.59 Å². The van der Waals surface area contributed by atoms with E-state index in [1.54, 1.807) is 13.8 Å². The van der Waals surface area contributed by atoms with E-state index in [2.05, 4.69) is 10.6 Å². The molecule has 0 saturated carbocycles. The molecule has 8 N–H and O–H groups in total. The van der Waals surface area contributed by atoms with Gasteiger partial charge in [0.05, 0.1) is 25.6 Å². The fourth-order valence-electron chi connectivity index (χ4n) is 2.73. The Balaban J connectivity index is 2.86. The summed E-state index contributed by atoms with van der Waals surface area (Å²) in [6.45, 7) is 2.47. The molecule has 1 aliphatic heterocycles. The SMILES string of the molecule is CC[C@@H](C)[C@@H](NCC1(O)OC[C@@H](O)[C@@H](O)[C@@H]1O)C(=O)N[C@@H](CC(=O)O)C(=O)O. The van der Waals surface area contributed by atoms with Gasteiger partial charge in [-0.05, 0) is 5.92 Å². The predicted molar refractivity (Wildman–Crippen MR) is 92.0 cm³/mol. The minimum atomic E-state index is -2.29. The summed E-state index contributed by atoms with van der Waals surface area (Å²) in [5.41, 5.74) is 0. The van der Waals surface area contributed by atoms with Gasteiger partial charge < -0.3 is 46.0 Å². The zero-order valence-corrected chi connectivity index (χ0v) is 15.6. The molecule has 1 heterocycles. The van der Waals surface area contributed by atoms with Crippen molar-refractivity contribution in [2.75, 3.05) is 13.2 Å². The summed E-state index contributed by atoms with van der Waals surface area (Å²) in [5.74, 6) is -6.38. The van der Waals surface area contributed by atoms with Crippen molar-refractivity contribution in [3.8, 4) is 0 Å². The number of aliphatic hydroxyl groups excluding tert-OH is 3. The Bertz CT molecular complexity index is 574. The van der Waals surface area contributed by atoms with Crippen molar-refractivity contribution >= 4 is 17.8 Å². The predicted octanol–water partition coefficient (Wildman–Crippen LogP) is -3.16. The van der Waals surface area contributed by atoms with E-state index in [4.69, 9.17) is 14.9 Å². The van der Waals surface area contributed by atoms with Crippen LogP contribution in [0.15, 0.2) is 0 Å². The highest BCUT2D eigenvalue weighted by molar-refractivity contribution is 5.89. The van der Waals surface area contributed by atoms with Gasteiger partial charge in [0.1, 0.15) is 24.4 Å². The van der Waals surface area contributed by atoms with Gasteiger partial charge in [0.25, 0.3) is 0 Å². The number of aliphatic carboxylic acids is 2. The molecule has 0 bridgehead atoms. The van der Waals surface area contributed by atoms with E-state index in [0.29, 0.717) is 6.42 Å².